The molecule has 1 aliphatic heterocycles. The first-order valence-corrected chi connectivity index (χ1v) is 11.8. The number of halogens is 1. The molecule has 0 bridgehead atoms. The van der Waals surface area contributed by atoms with Crippen LogP contribution < -0.4 is 4.74 Å². The van der Waals surface area contributed by atoms with E-state index < -0.39 is 5.82 Å². The molecule has 0 aromatic heterocycles. The Kier molecular flexibility index (Phi) is 7.14. The Morgan fingerprint density at radius 3 is 2.47 bits per heavy atom. The van der Waals surface area contributed by atoms with E-state index in [2.05, 4.69) is 30.9 Å². The van der Waals surface area contributed by atoms with Crippen molar-refractivity contribution in [1.29, 1.82) is 0 Å². The van der Waals surface area contributed by atoms with Gasteiger partial charge in [0.05, 0.1) is 12.7 Å². The van der Waals surface area contributed by atoms with Crippen LogP contribution in [0, 0.1) is 23.6 Å². The fourth-order valence-electron chi connectivity index (χ4n) is 4.96. The molecule has 2 aromatic rings. The van der Waals surface area contributed by atoms with Crippen molar-refractivity contribution in [1.82, 2.24) is 9.80 Å². The molecule has 172 valence electrons. The van der Waals surface area contributed by atoms with Crippen LogP contribution in [0.25, 0.3) is 0 Å². The van der Waals surface area contributed by atoms with Crippen LogP contribution in [0.1, 0.15) is 48.5 Å². The minimum absolute atomic E-state index is 0.169. The molecule has 0 spiro atoms. The number of nitrogens with zero attached hydrogens (tertiary/aromatic N) is 2. The molecule has 1 saturated heterocycles. The van der Waals surface area contributed by atoms with Crippen molar-refractivity contribution < 1.29 is 13.9 Å². The lowest BCUT2D eigenvalue weighted by atomic mass is 9.88. The number of methoxy groups -OCH3 is 1. The van der Waals surface area contributed by atoms with Crippen LogP contribution in [0.3, 0.4) is 0 Å². The molecular weight excluding hydrogens is 403 g/mol. The number of ether oxygens (including phenoxy) is 1. The van der Waals surface area contributed by atoms with Crippen LogP contribution in [0.2, 0.25) is 0 Å². The van der Waals surface area contributed by atoms with Crippen LogP contribution in [0.15, 0.2) is 48.5 Å². The highest BCUT2D eigenvalue weighted by Gasteiger charge is 2.38. The Bertz CT molecular complexity index is 910. The number of carbonyl (C=O) groups is 1. The smallest absolute Gasteiger partial charge is 0.256 e. The first-order chi connectivity index (χ1) is 15.4. The lowest BCUT2D eigenvalue weighted by Gasteiger charge is -2.30. The van der Waals surface area contributed by atoms with E-state index in [1.54, 1.807) is 25.3 Å². The normalized spacial score (nSPS) is 21.2. The summed E-state index contributed by atoms with van der Waals surface area (Å²) in [6, 6.07) is 14.7. The van der Waals surface area contributed by atoms with Gasteiger partial charge in [-0.3, -0.25) is 4.79 Å². The first kappa shape index (κ1) is 22.8. The van der Waals surface area contributed by atoms with Gasteiger partial charge in [0.25, 0.3) is 5.91 Å². The second-order valence-electron chi connectivity index (χ2n) is 9.89. The monoisotopic (exact) mass is 438 g/mol. The molecule has 0 radical (unpaired) electrons. The van der Waals surface area contributed by atoms with Gasteiger partial charge in [-0.1, -0.05) is 38.1 Å². The summed E-state index contributed by atoms with van der Waals surface area (Å²) in [6.45, 7) is 8.62. The van der Waals surface area contributed by atoms with Gasteiger partial charge in [-0.15, -0.1) is 0 Å². The Morgan fingerprint density at radius 1 is 1.12 bits per heavy atom. The van der Waals surface area contributed by atoms with E-state index in [9.17, 15) is 9.18 Å². The number of benzene rings is 2. The van der Waals surface area contributed by atoms with Crippen molar-refractivity contribution in [2.45, 2.75) is 32.6 Å². The zero-order valence-corrected chi connectivity index (χ0v) is 19.5. The van der Waals surface area contributed by atoms with Crippen molar-refractivity contribution in [3.8, 4) is 5.75 Å². The second kappa shape index (κ2) is 10.0. The first-order valence-electron chi connectivity index (χ1n) is 11.8. The average molecular weight is 439 g/mol. The van der Waals surface area contributed by atoms with Crippen LogP contribution in [-0.2, 0) is 0 Å². The molecule has 5 heteroatoms. The Morgan fingerprint density at radius 2 is 1.84 bits per heavy atom. The van der Waals surface area contributed by atoms with Crippen molar-refractivity contribution in [3.05, 3.63) is 65.5 Å². The van der Waals surface area contributed by atoms with E-state index >= 15 is 0 Å². The van der Waals surface area contributed by atoms with Gasteiger partial charge in [-0.25, -0.2) is 4.39 Å². The Labute approximate surface area is 191 Å². The van der Waals surface area contributed by atoms with E-state index in [-0.39, 0.29) is 11.5 Å². The lowest BCUT2D eigenvalue weighted by Crippen LogP contribution is -2.40. The highest BCUT2D eigenvalue weighted by Crippen LogP contribution is 2.38. The SMILES string of the molecule is COc1ccc(C2CN(CC3CC3)CC2CN(CC(C)C)C(=O)c2ccccc2F)cc1. The van der Waals surface area contributed by atoms with Crippen LogP contribution in [0.5, 0.6) is 5.75 Å². The van der Waals surface area contributed by atoms with Crippen molar-refractivity contribution in [2.24, 2.45) is 17.8 Å². The predicted octanol–water partition coefficient (Wildman–Crippen LogP) is 5.06. The third kappa shape index (κ3) is 5.50. The van der Waals surface area contributed by atoms with Gasteiger partial charge < -0.3 is 14.5 Å². The van der Waals surface area contributed by atoms with Gasteiger partial charge in [-0.05, 0) is 60.4 Å². The Balaban J connectivity index is 1.56. The topological polar surface area (TPSA) is 32.8 Å². The number of carbonyl (C=O) groups excluding carboxylic acids is 1. The van der Waals surface area contributed by atoms with E-state index in [0.29, 0.717) is 30.8 Å². The van der Waals surface area contributed by atoms with Crippen molar-refractivity contribution >= 4 is 5.91 Å². The summed E-state index contributed by atoms with van der Waals surface area (Å²) < 4.78 is 19.8. The number of likely N-dealkylation sites (tertiary alicyclic amines) is 1. The van der Waals surface area contributed by atoms with Gasteiger partial charge >= 0.3 is 0 Å². The quantitative estimate of drug-likeness (QED) is 0.549. The summed E-state index contributed by atoms with van der Waals surface area (Å²) >= 11 is 0. The van der Waals surface area contributed by atoms with E-state index in [0.717, 1.165) is 31.3 Å². The zero-order chi connectivity index (χ0) is 22.7. The largest absolute Gasteiger partial charge is 0.497 e. The summed E-state index contributed by atoms with van der Waals surface area (Å²) in [6.07, 6.45) is 2.67. The van der Waals surface area contributed by atoms with Crippen LogP contribution >= 0.6 is 0 Å². The predicted molar refractivity (Wildman–Crippen MR) is 126 cm³/mol. The maximum absolute atomic E-state index is 14.4. The molecule has 32 heavy (non-hydrogen) atoms. The summed E-state index contributed by atoms with van der Waals surface area (Å²) in [7, 11) is 1.68. The summed E-state index contributed by atoms with van der Waals surface area (Å²) in [5.74, 6) is 2.02. The van der Waals surface area contributed by atoms with Gasteiger partial charge in [0.2, 0.25) is 0 Å². The molecule has 2 unspecified atom stereocenters. The molecule has 2 aromatic carbocycles. The molecule has 1 saturated carbocycles. The molecule has 1 amide bonds. The molecule has 2 atom stereocenters. The van der Waals surface area contributed by atoms with Crippen LogP contribution in [-0.4, -0.2) is 55.5 Å². The maximum Gasteiger partial charge on any atom is 0.256 e. The highest BCUT2D eigenvalue weighted by atomic mass is 19.1. The molecule has 1 aliphatic carbocycles. The van der Waals surface area contributed by atoms with Gasteiger partial charge in [0, 0.05) is 38.6 Å². The maximum atomic E-state index is 14.4. The van der Waals surface area contributed by atoms with Gasteiger partial charge in [0.1, 0.15) is 11.6 Å². The molecule has 2 fully saturated rings. The molecule has 2 aliphatic rings. The van der Waals surface area contributed by atoms with Gasteiger partial charge in [0.15, 0.2) is 0 Å². The third-order valence-electron chi connectivity index (χ3n) is 6.71. The minimum atomic E-state index is -0.445. The minimum Gasteiger partial charge on any atom is -0.497 e. The number of amides is 1. The number of hydrogen-bond acceptors (Lipinski definition) is 3. The van der Waals surface area contributed by atoms with E-state index in [4.69, 9.17) is 4.74 Å². The van der Waals surface area contributed by atoms with Gasteiger partial charge in [-0.2, -0.15) is 0 Å². The third-order valence-corrected chi connectivity index (χ3v) is 6.71. The number of hydrogen-bond donors (Lipinski definition) is 0. The van der Waals surface area contributed by atoms with Crippen molar-refractivity contribution in [2.75, 3.05) is 39.8 Å². The van der Waals surface area contributed by atoms with E-state index in [1.165, 1.54) is 24.5 Å². The fraction of sp³-hybridized carbons (Fsp3) is 0.519. The van der Waals surface area contributed by atoms with E-state index in [1.807, 2.05) is 17.0 Å². The molecular formula is C27H35FN2O2. The number of rotatable bonds is 9. The summed E-state index contributed by atoms with van der Waals surface area (Å²) in [5.41, 5.74) is 1.46. The second-order valence-corrected chi connectivity index (χ2v) is 9.89. The summed E-state index contributed by atoms with van der Waals surface area (Å²) in [4.78, 5) is 17.8. The van der Waals surface area contributed by atoms with Crippen molar-refractivity contribution in [3.63, 3.8) is 0 Å². The fourth-order valence-corrected chi connectivity index (χ4v) is 4.96. The molecule has 4 nitrogen and oxygen atoms in total. The van der Waals surface area contributed by atoms with Crippen LogP contribution in [0.4, 0.5) is 4.39 Å². The highest BCUT2D eigenvalue weighted by molar-refractivity contribution is 5.94. The average Bonchev–Trinajstić information content (AvgIpc) is 3.51. The summed E-state index contributed by atoms with van der Waals surface area (Å²) in [5, 5.41) is 0. The molecule has 0 N–H and O–H groups in total. The molecule has 4 rings (SSSR count). The molecule has 1 heterocycles. The zero-order valence-electron chi connectivity index (χ0n) is 19.5. The standard InChI is InChI=1S/C27H35FN2O2/c1-19(2)14-30(27(31)24-6-4-5-7-26(24)28)17-22-16-29(15-20-8-9-20)18-25(22)21-10-12-23(32-3)13-11-21/h4-7,10-13,19-20,22,25H,8-9,14-18H2,1-3H3. The Hall–Kier alpha value is -2.40. The lowest BCUT2D eigenvalue weighted by molar-refractivity contribution is 0.0698.